The molecule has 0 aromatic carbocycles. The van der Waals surface area contributed by atoms with E-state index in [0.717, 1.165) is 17.9 Å². The summed E-state index contributed by atoms with van der Waals surface area (Å²) in [7, 11) is 2.29. The van der Waals surface area contributed by atoms with Crippen LogP contribution in [0.3, 0.4) is 0 Å². The summed E-state index contributed by atoms with van der Waals surface area (Å²) in [5, 5.41) is 1.10. The highest BCUT2D eigenvalue weighted by molar-refractivity contribution is 6.31. The van der Waals surface area contributed by atoms with Gasteiger partial charge in [0.25, 0.3) is 0 Å². The highest BCUT2D eigenvalue weighted by Gasteiger charge is 2.15. The molecule has 0 spiro atoms. The van der Waals surface area contributed by atoms with Crippen molar-refractivity contribution in [3.63, 3.8) is 0 Å². The maximum absolute atomic E-state index is 6.13. The second-order valence-electron chi connectivity index (χ2n) is 5.00. The van der Waals surface area contributed by atoms with Crippen LogP contribution in [0.2, 0.25) is 5.31 Å². The molecule has 0 saturated carbocycles. The zero-order valence-corrected chi connectivity index (χ0v) is 12.3. The maximum Gasteiger partial charge on any atom is 0.114 e. The molecule has 0 aliphatic heterocycles. The SMILES string of the molecule is BC(/C=C(C)/C=C(/Cl)C=C(C)C)(CC)CC. The zero-order chi connectivity index (χ0) is 12.8. The van der Waals surface area contributed by atoms with E-state index in [1.807, 2.05) is 12.2 Å². The summed E-state index contributed by atoms with van der Waals surface area (Å²) in [5.41, 5.74) is 2.47. The zero-order valence-electron chi connectivity index (χ0n) is 11.5. The molecule has 0 nitrogen and oxygen atoms in total. The van der Waals surface area contributed by atoms with Gasteiger partial charge in [-0.3, -0.25) is 0 Å². The average molecular weight is 239 g/mol. The minimum atomic E-state index is 0.294. The largest absolute Gasteiger partial charge is 0.114 e. The fraction of sp³-hybridized carbons (Fsp3) is 0.571. The van der Waals surface area contributed by atoms with Gasteiger partial charge in [-0.1, -0.05) is 55.5 Å². The third kappa shape index (κ3) is 6.22. The molecule has 0 amide bonds. The summed E-state index contributed by atoms with van der Waals surface area (Å²) < 4.78 is 0. The molecule has 0 radical (unpaired) electrons. The molecule has 2 heteroatoms. The van der Waals surface area contributed by atoms with Crippen LogP contribution in [-0.4, -0.2) is 7.85 Å². The van der Waals surface area contributed by atoms with Gasteiger partial charge >= 0.3 is 0 Å². The molecule has 0 atom stereocenters. The fourth-order valence-electron chi connectivity index (χ4n) is 1.58. The van der Waals surface area contributed by atoms with Crippen molar-refractivity contribution in [2.75, 3.05) is 0 Å². The van der Waals surface area contributed by atoms with E-state index in [-0.39, 0.29) is 0 Å². The van der Waals surface area contributed by atoms with E-state index < -0.39 is 0 Å². The normalized spacial score (nSPS) is 13.9. The van der Waals surface area contributed by atoms with Gasteiger partial charge in [-0.25, -0.2) is 0 Å². The molecule has 0 rings (SSSR count). The lowest BCUT2D eigenvalue weighted by Gasteiger charge is -2.22. The monoisotopic (exact) mass is 238 g/mol. The van der Waals surface area contributed by atoms with Crippen molar-refractivity contribution in [3.8, 4) is 0 Å². The van der Waals surface area contributed by atoms with Gasteiger partial charge in [0.2, 0.25) is 0 Å². The molecule has 0 saturated heterocycles. The Labute approximate surface area is 107 Å². The van der Waals surface area contributed by atoms with Gasteiger partial charge in [-0.15, -0.1) is 0 Å². The van der Waals surface area contributed by atoms with E-state index in [1.165, 1.54) is 11.1 Å². The van der Waals surface area contributed by atoms with Gasteiger partial charge in [-0.05, 0) is 38.2 Å². The number of hydrogen-bond donors (Lipinski definition) is 0. The highest BCUT2D eigenvalue weighted by Crippen LogP contribution is 2.33. The van der Waals surface area contributed by atoms with E-state index in [1.54, 1.807) is 0 Å². The summed E-state index contributed by atoms with van der Waals surface area (Å²) in [5.74, 6) is 0. The average Bonchev–Trinajstić information content (AvgIpc) is 2.15. The highest BCUT2D eigenvalue weighted by atomic mass is 35.5. The second-order valence-corrected chi connectivity index (χ2v) is 5.44. The van der Waals surface area contributed by atoms with Crippen molar-refractivity contribution >= 4 is 19.4 Å². The summed E-state index contributed by atoms with van der Waals surface area (Å²) in [6, 6.07) is 0. The Morgan fingerprint density at radius 1 is 1.12 bits per heavy atom. The Hall–Kier alpha value is -0.425. The van der Waals surface area contributed by atoms with Crippen LogP contribution in [0.5, 0.6) is 0 Å². The van der Waals surface area contributed by atoms with Crippen LogP contribution < -0.4 is 0 Å². The smallest absolute Gasteiger partial charge is 0.0843 e. The number of halogens is 1. The molecule has 0 bridgehead atoms. The van der Waals surface area contributed by atoms with Gasteiger partial charge in [0, 0.05) is 5.03 Å². The Balaban J connectivity index is 4.87. The van der Waals surface area contributed by atoms with Gasteiger partial charge in [0.05, 0.1) is 0 Å². The van der Waals surface area contributed by atoms with Crippen LogP contribution in [0, 0.1) is 0 Å². The summed E-state index contributed by atoms with van der Waals surface area (Å²) in [6.07, 6.45) is 8.68. The van der Waals surface area contributed by atoms with Crippen molar-refractivity contribution in [1.82, 2.24) is 0 Å². The lowest BCUT2D eigenvalue weighted by Crippen LogP contribution is -2.07. The Morgan fingerprint density at radius 3 is 2.00 bits per heavy atom. The first-order valence-electron chi connectivity index (χ1n) is 6.04. The van der Waals surface area contributed by atoms with E-state index >= 15 is 0 Å². The van der Waals surface area contributed by atoms with Crippen LogP contribution in [0.15, 0.2) is 34.4 Å². The molecule has 0 aromatic heterocycles. The van der Waals surface area contributed by atoms with Gasteiger partial charge in [0.15, 0.2) is 0 Å². The fourth-order valence-corrected chi connectivity index (χ4v) is 1.97. The first kappa shape index (κ1) is 15.6. The van der Waals surface area contributed by atoms with Crippen LogP contribution in [0.25, 0.3) is 0 Å². The van der Waals surface area contributed by atoms with Gasteiger partial charge in [0.1, 0.15) is 7.85 Å². The molecule has 0 heterocycles. The first-order chi connectivity index (χ1) is 7.33. The quantitative estimate of drug-likeness (QED) is 0.484. The van der Waals surface area contributed by atoms with Crippen molar-refractivity contribution in [2.45, 2.75) is 52.8 Å². The molecule has 90 valence electrons. The first-order valence-corrected chi connectivity index (χ1v) is 6.42. The van der Waals surface area contributed by atoms with E-state index in [2.05, 4.69) is 48.5 Å². The minimum absolute atomic E-state index is 0.294. The second kappa shape index (κ2) is 7.01. The Kier molecular flexibility index (Phi) is 6.82. The minimum Gasteiger partial charge on any atom is -0.0843 e. The summed E-state index contributed by atoms with van der Waals surface area (Å²) in [6.45, 7) is 10.7. The summed E-state index contributed by atoms with van der Waals surface area (Å²) in [4.78, 5) is 0. The molecular formula is C14H24BCl. The lowest BCUT2D eigenvalue weighted by atomic mass is 9.64. The van der Waals surface area contributed by atoms with Crippen LogP contribution >= 0.6 is 11.6 Å². The lowest BCUT2D eigenvalue weighted by molar-refractivity contribution is 0.629. The standard InChI is InChI=1S/C14H24BCl/c1-6-14(15,7-2)10-12(5)9-13(16)8-11(3)4/h8-10H,6-7,15H2,1-5H3/b12-10+,13-9+. The van der Waals surface area contributed by atoms with Crippen molar-refractivity contribution in [1.29, 1.82) is 0 Å². The number of hydrogen-bond acceptors (Lipinski definition) is 0. The van der Waals surface area contributed by atoms with Crippen LogP contribution in [0.4, 0.5) is 0 Å². The molecule has 0 aliphatic carbocycles. The van der Waals surface area contributed by atoms with Crippen LogP contribution in [0.1, 0.15) is 47.5 Å². The van der Waals surface area contributed by atoms with Gasteiger partial charge in [-0.2, -0.15) is 0 Å². The topological polar surface area (TPSA) is 0 Å². The molecule has 0 N–H and O–H groups in total. The molecule has 0 aromatic rings. The predicted molar refractivity (Wildman–Crippen MR) is 78.9 cm³/mol. The third-order valence-corrected chi connectivity index (χ3v) is 3.20. The van der Waals surface area contributed by atoms with Crippen LogP contribution in [-0.2, 0) is 0 Å². The van der Waals surface area contributed by atoms with E-state index in [4.69, 9.17) is 11.6 Å². The number of rotatable bonds is 5. The molecule has 0 unspecified atom stereocenters. The predicted octanol–water partition coefficient (Wildman–Crippen LogP) is 4.63. The van der Waals surface area contributed by atoms with Crippen molar-refractivity contribution in [2.24, 2.45) is 0 Å². The van der Waals surface area contributed by atoms with Crippen molar-refractivity contribution in [3.05, 3.63) is 34.4 Å². The third-order valence-electron chi connectivity index (χ3n) is 2.98. The van der Waals surface area contributed by atoms with Crippen molar-refractivity contribution < 1.29 is 0 Å². The Morgan fingerprint density at radius 2 is 1.62 bits per heavy atom. The number of allylic oxidation sites excluding steroid dienone is 6. The Bertz CT molecular complexity index is 303. The molecule has 0 fully saturated rings. The molecular weight excluding hydrogens is 214 g/mol. The van der Waals surface area contributed by atoms with E-state index in [0.29, 0.717) is 5.31 Å². The summed E-state index contributed by atoms with van der Waals surface area (Å²) >= 11 is 6.13. The molecule has 16 heavy (non-hydrogen) atoms. The van der Waals surface area contributed by atoms with Gasteiger partial charge < -0.3 is 0 Å². The maximum atomic E-state index is 6.13. The van der Waals surface area contributed by atoms with E-state index in [9.17, 15) is 0 Å². The molecule has 0 aliphatic rings.